The molecule has 1 spiro atoms. The molecule has 1 amide bonds. The van der Waals surface area contributed by atoms with Crippen molar-refractivity contribution in [3.05, 3.63) is 35.4 Å². The number of piperidine rings is 1. The lowest BCUT2D eigenvalue weighted by Crippen LogP contribution is -2.36. The Labute approximate surface area is 155 Å². The number of carbonyl (C=O) groups excluding carboxylic acids is 2. The van der Waals surface area contributed by atoms with Gasteiger partial charge < -0.3 is 15.4 Å². The van der Waals surface area contributed by atoms with Gasteiger partial charge in [0.25, 0.3) is 0 Å². The number of methoxy groups -OCH3 is 1. The van der Waals surface area contributed by atoms with Crippen LogP contribution in [0.1, 0.15) is 36.3 Å². The number of esters is 1. The molecule has 138 valence electrons. The summed E-state index contributed by atoms with van der Waals surface area (Å²) in [7, 11) is 1.39. The number of aryl methyl sites for hydroxylation is 1. The lowest BCUT2D eigenvalue weighted by molar-refractivity contribution is -0.142. The second-order valence-electron chi connectivity index (χ2n) is 7.10. The summed E-state index contributed by atoms with van der Waals surface area (Å²) in [5, 5.41) is 6.33. The molecule has 5 nitrogen and oxygen atoms in total. The monoisotopic (exact) mass is 366 g/mol. The zero-order valence-corrected chi connectivity index (χ0v) is 15.7. The Bertz CT molecular complexity index is 612. The van der Waals surface area contributed by atoms with Crippen molar-refractivity contribution in [1.29, 1.82) is 0 Å². The summed E-state index contributed by atoms with van der Waals surface area (Å²) in [6.45, 7) is 4.29. The summed E-state index contributed by atoms with van der Waals surface area (Å²) in [6.07, 6.45) is 3.13. The first-order valence-electron chi connectivity index (χ1n) is 8.68. The summed E-state index contributed by atoms with van der Waals surface area (Å²) in [5.74, 6) is -0.581. The number of nitrogens with one attached hydrogen (secondary N) is 2. The number of halogens is 1. The van der Waals surface area contributed by atoms with E-state index in [1.807, 2.05) is 31.2 Å². The van der Waals surface area contributed by atoms with Crippen molar-refractivity contribution in [1.82, 2.24) is 10.6 Å². The molecule has 0 radical (unpaired) electrons. The van der Waals surface area contributed by atoms with Gasteiger partial charge in [-0.3, -0.25) is 9.59 Å². The average Bonchev–Trinajstić information content (AvgIpc) is 3.29. The normalized spacial score (nSPS) is 21.8. The van der Waals surface area contributed by atoms with Gasteiger partial charge in [0.1, 0.15) is 0 Å². The third kappa shape index (κ3) is 4.33. The van der Waals surface area contributed by atoms with Crippen LogP contribution in [-0.4, -0.2) is 38.6 Å². The van der Waals surface area contributed by atoms with Crippen molar-refractivity contribution >= 4 is 24.3 Å². The Morgan fingerprint density at radius 2 is 1.92 bits per heavy atom. The molecule has 2 N–H and O–H groups in total. The van der Waals surface area contributed by atoms with E-state index in [1.54, 1.807) is 0 Å². The minimum absolute atomic E-state index is 0. The summed E-state index contributed by atoms with van der Waals surface area (Å²) in [4.78, 5) is 24.6. The molecule has 2 fully saturated rings. The molecule has 1 aromatic carbocycles. The van der Waals surface area contributed by atoms with Gasteiger partial charge in [-0.2, -0.15) is 0 Å². The van der Waals surface area contributed by atoms with Crippen LogP contribution in [0.15, 0.2) is 24.3 Å². The smallest absolute Gasteiger partial charge is 0.314 e. The van der Waals surface area contributed by atoms with Crippen molar-refractivity contribution in [2.24, 2.45) is 11.3 Å². The van der Waals surface area contributed by atoms with E-state index in [-0.39, 0.29) is 35.6 Å². The van der Waals surface area contributed by atoms with Crippen molar-refractivity contribution in [3.8, 4) is 0 Å². The predicted octanol–water partition coefficient (Wildman–Crippen LogP) is 2.18. The topological polar surface area (TPSA) is 67.4 Å². The van der Waals surface area contributed by atoms with Crippen LogP contribution >= 0.6 is 12.4 Å². The Morgan fingerprint density at radius 1 is 1.28 bits per heavy atom. The average molecular weight is 367 g/mol. The van der Waals surface area contributed by atoms with Gasteiger partial charge in [0.05, 0.1) is 13.0 Å². The fourth-order valence-corrected chi connectivity index (χ4v) is 3.80. The molecule has 0 bridgehead atoms. The Hall–Kier alpha value is -1.59. The summed E-state index contributed by atoms with van der Waals surface area (Å²) in [5.41, 5.74) is 2.22. The quantitative estimate of drug-likeness (QED) is 0.784. The second-order valence-corrected chi connectivity index (χ2v) is 7.10. The predicted molar refractivity (Wildman–Crippen MR) is 98.8 cm³/mol. The first-order valence-corrected chi connectivity index (χ1v) is 8.68. The van der Waals surface area contributed by atoms with Gasteiger partial charge in [-0.15, -0.1) is 12.4 Å². The van der Waals surface area contributed by atoms with Gasteiger partial charge in [-0.25, -0.2) is 0 Å². The molecule has 1 aromatic rings. The number of carbonyl (C=O) groups is 2. The zero-order valence-electron chi connectivity index (χ0n) is 14.8. The largest absolute Gasteiger partial charge is 0.468 e. The van der Waals surface area contributed by atoms with Gasteiger partial charge in [0.2, 0.25) is 5.91 Å². The highest BCUT2D eigenvalue weighted by Crippen LogP contribution is 2.58. The van der Waals surface area contributed by atoms with Crippen LogP contribution < -0.4 is 10.6 Å². The van der Waals surface area contributed by atoms with Crippen molar-refractivity contribution < 1.29 is 14.3 Å². The van der Waals surface area contributed by atoms with Crippen molar-refractivity contribution in [2.45, 2.75) is 32.1 Å². The number of ether oxygens (including phenoxy) is 1. The first-order chi connectivity index (χ1) is 11.6. The standard InChI is InChI=1S/C19H26N2O3.ClH/c1-13-3-5-14(6-4-13)15(18(23)24-2)12-21-17(22)16-11-19(16)7-9-20-10-8-19;/h3-6,15-16,20H,7-12H2,1-2H3,(H,21,22);1H. The fraction of sp³-hybridized carbons (Fsp3) is 0.579. The van der Waals surface area contributed by atoms with Crippen LogP contribution in [-0.2, 0) is 14.3 Å². The molecule has 25 heavy (non-hydrogen) atoms. The third-order valence-corrected chi connectivity index (χ3v) is 5.55. The molecule has 3 rings (SSSR count). The van der Waals surface area contributed by atoms with E-state index in [2.05, 4.69) is 10.6 Å². The maximum absolute atomic E-state index is 12.5. The number of rotatable bonds is 5. The maximum Gasteiger partial charge on any atom is 0.314 e. The number of benzene rings is 1. The molecule has 0 aromatic heterocycles. The Morgan fingerprint density at radius 3 is 2.52 bits per heavy atom. The highest BCUT2D eigenvalue weighted by Gasteiger charge is 2.57. The Kier molecular flexibility index (Phi) is 6.47. The lowest BCUT2D eigenvalue weighted by atomic mass is 9.91. The number of hydrogen-bond donors (Lipinski definition) is 2. The highest BCUT2D eigenvalue weighted by atomic mass is 35.5. The molecule has 6 heteroatoms. The van der Waals surface area contributed by atoms with Crippen LogP contribution in [0.4, 0.5) is 0 Å². The van der Waals surface area contributed by atoms with Gasteiger partial charge in [0.15, 0.2) is 0 Å². The van der Waals surface area contributed by atoms with Gasteiger partial charge in [-0.05, 0) is 50.3 Å². The summed E-state index contributed by atoms with van der Waals surface area (Å²) < 4.78 is 4.92. The Balaban J connectivity index is 0.00000225. The van der Waals surface area contributed by atoms with Crippen LogP contribution in [0.5, 0.6) is 0 Å². The molecule has 1 heterocycles. The fourth-order valence-electron chi connectivity index (χ4n) is 3.80. The number of amides is 1. The van der Waals surface area contributed by atoms with E-state index in [0.717, 1.165) is 43.5 Å². The van der Waals surface area contributed by atoms with E-state index >= 15 is 0 Å². The molecular weight excluding hydrogens is 340 g/mol. The van der Waals surface area contributed by atoms with E-state index < -0.39 is 5.92 Å². The summed E-state index contributed by atoms with van der Waals surface area (Å²) in [6, 6.07) is 7.79. The van der Waals surface area contributed by atoms with Gasteiger partial charge in [0, 0.05) is 12.5 Å². The zero-order chi connectivity index (χ0) is 17.2. The molecule has 2 unspecified atom stereocenters. The highest BCUT2D eigenvalue weighted by molar-refractivity contribution is 5.85. The summed E-state index contributed by atoms with van der Waals surface area (Å²) >= 11 is 0. The van der Waals surface area contributed by atoms with E-state index in [4.69, 9.17) is 4.74 Å². The third-order valence-electron chi connectivity index (χ3n) is 5.55. The van der Waals surface area contributed by atoms with Crippen molar-refractivity contribution in [3.63, 3.8) is 0 Å². The van der Waals surface area contributed by atoms with Crippen LogP contribution in [0.2, 0.25) is 0 Å². The first kappa shape index (κ1) is 19.7. The van der Waals surface area contributed by atoms with Crippen LogP contribution in [0.25, 0.3) is 0 Å². The van der Waals surface area contributed by atoms with E-state index in [9.17, 15) is 9.59 Å². The van der Waals surface area contributed by atoms with E-state index in [1.165, 1.54) is 7.11 Å². The molecule has 1 saturated carbocycles. The molecule has 2 atom stereocenters. The lowest BCUT2D eigenvalue weighted by Gasteiger charge is -2.23. The van der Waals surface area contributed by atoms with Crippen LogP contribution in [0.3, 0.4) is 0 Å². The van der Waals surface area contributed by atoms with Gasteiger partial charge in [-0.1, -0.05) is 29.8 Å². The van der Waals surface area contributed by atoms with Crippen LogP contribution in [0, 0.1) is 18.3 Å². The molecular formula is C19H27ClN2O3. The molecule has 1 aliphatic heterocycles. The molecule has 1 aliphatic carbocycles. The molecule has 2 aliphatic rings. The number of hydrogen-bond acceptors (Lipinski definition) is 4. The minimum Gasteiger partial charge on any atom is -0.468 e. The second kappa shape index (κ2) is 8.19. The van der Waals surface area contributed by atoms with Gasteiger partial charge >= 0.3 is 5.97 Å². The minimum atomic E-state index is -0.456. The SMILES string of the molecule is COC(=O)C(CNC(=O)C1CC12CCNCC2)c1ccc(C)cc1.Cl. The van der Waals surface area contributed by atoms with Crippen molar-refractivity contribution in [2.75, 3.05) is 26.7 Å². The molecule has 1 saturated heterocycles. The van der Waals surface area contributed by atoms with E-state index in [0.29, 0.717) is 6.54 Å². The maximum atomic E-state index is 12.5.